The van der Waals surface area contributed by atoms with E-state index < -0.39 is 24.4 Å². The molecular formula is C25H30BNO6. The lowest BCUT2D eigenvalue weighted by Crippen LogP contribution is -2.41. The van der Waals surface area contributed by atoms with E-state index in [1.165, 1.54) is 0 Å². The maximum Gasteiger partial charge on any atom is 0.492 e. The lowest BCUT2D eigenvalue weighted by atomic mass is 9.76. The molecule has 3 rings (SSSR count). The van der Waals surface area contributed by atoms with Crippen LogP contribution in [0, 0.1) is 0 Å². The molecule has 1 amide bonds. The summed E-state index contributed by atoms with van der Waals surface area (Å²) in [7, 11) is 0.846. The Morgan fingerprint density at radius 1 is 1.03 bits per heavy atom. The van der Waals surface area contributed by atoms with Crippen LogP contribution in [0.15, 0.2) is 54.0 Å². The van der Waals surface area contributed by atoms with Gasteiger partial charge in [0.05, 0.1) is 18.3 Å². The minimum atomic E-state index is -0.713. The van der Waals surface area contributed by atoms with E-state index in [0.717, 1.165) is 11.8 Å². The summed E-state index contributed by atoms with van der Waals surface area (Å²) in [6, 6.07) is 14.6. The molecule has 1 saturated heterocycles. The third-order valence-electron chi connectivity index (χ3n) is 5.97. The molecule has 8 heteroatoms. The number of nitrogens with one attached hydrogen (secondary N) is 1. The smallest absolute Gasteiger partial charge is 0.492 e. The molecule has 2 aromatic rings. The van der Waals surface area contributed by atoms with Crippen LogP contribution in [0.25, 0.3) is 6.08 Å². The SMILES string of the molecule is COc1ccc(C=O)c(C=C(CNC(=O)OCc2ccccc2)B2OC(C)(C)C(C)(C)O2)c1. The summed E-state index contributed by atoms with van der Waals surface area (Å²) in [6.45, 7) is 8.08. The van der Waals surface area contributed by atoms with E-state index in [1.807, 2.05) is 58.0 Å². The number of benzene rings is 2. The summed E-state index contributed by atoms with van der Waals surface area (Å²) in [5, 5.41) is 2.76. The molecule has 2 aromatic carbocycles. The lowest BCUT2D eigenvalue weighted by Gasteiger charge is -2.32. The van der Waals surface area contributed by atoms with Gasteiger partial charge in [-0.2, -0.15) is 0 Å². The molecule has 33 heavy (non-hydrogen) atoms. The van der Waals surface area contributed by atoms with Crippen molar-refractivity contribution in [1.82, 2.24) is 5.32 Å². The molecule has 174 valence electrons. The van der Waals surface area contributed by atoms with Crippen molar-refractivity contribution in [3.63, 3.8) is 0 Å². The molecule has 0 bridgehead atoms. The highest BCUT2D eigenvalue weighted by molar-refractivity contribution is 6.56. The standard InChI is InChI=1S/C25H30BNO6/c1-24(2)25(3,4)33-26(32-24)21(13-20-14-22(30-5)12-11-19(20)16-28)15-27-23(29)31-17-18-9-7-6-8-10-18/h6-14,16H,15,17H2,1-5H3,(H,27,29). The van der Waals surface area contributed by atoms with Crippen molar-refractivity contribution < 1.29 is 28.4 Å². The van der Waals surface area contributed by atoms with E-state index in [-0.39, 0.29) is 13.2 Å². The summed E-state index contributed by atoms with van der Waals surface area (Å²) in [6.07, 6.45) is 1.99. The highest BCUT2D eigenvalue weighted by Gasteiger charge is 2.52. The van der Waals surface area contributed by atoms with Crippen molar-refractivity contribution in [3.8, 4) is 5.75 Å². The van der Waals surface area contributed by atoms with Gasteiger partial charge < -0.3 is 24.1 Å². The number of hydrogen-bond donors (Lipinski definition) is 1. The van der Waals surface area contributed by atoms with Crippen LogP contribution < -0.4 is 10.1 Å². The molecular weight excluding hydrogens is 421 g/mol. The zero-order valence-corrected chi connectivity index (χ0v) is 19.7. The Hall–Kier alpha value is -3.10. The number of amides is 1. The fourth-order valence-electron chi connectivity index (χ4n) is 3.26. The number of aldehydes is 1. The lowest BCUT2D eigenvalue weighted by molar-refractivity contribution is 0.00578. The van der Waals surface area contributed by atoms with Crippen LogP contribution >= 0.6 is 0 Å². The molecule has 1 aliphatic rings. The number of carbonyl (C=O) groups is 2. The van der Waals surface area contributed by atoms with Gasteiger partial charge >= 0.3 is 13.2 Å². The van der Waals surface area contributed by atoms with Crippen molar-refractivity contribution in [3.05, 3.63) is 70.7 Å². The molecule has 0 spiro atoms. The molecule has 0 saturated carbocycles. The minimum Gasteiger partial charge on any atom is -0.497 e. The molecule has 0 aliphatic carbocycles. The topological polar surface area (TPSA) is 83.1 Å². The maximum absolute atomic E-state index is 12.3. The van der Waals surface area contributed by atoms with Crippen LogP contribution in [0.3, 0.4) is 0 Å². The quantitative estimate of drug-likeness (QED) is 0.472. The molecule has 1 heterocycles. The Kier molecular flexibility index (Phi) is 7.61. The molecule has 7 nitrogen and oxygen atoms in total. The zero-order valence-electron chi connectivity index (χ0n) is 19.7. The van der Waals surface area contributed by atoms with Gasteiger partial charge in [-0.05, 0) is 62.5 Å². The first-order chi connectivity index (χ1) is 15.6. The first-order valence-electron chi connectivity index (χ1n) is 10.8. The van der Waals surface area contributed by atoms with Crippen LogP contribution in [0.2, 0.25) is 0 Å². The minimum absolute atomic E-state index is 0.111. The summed E-state index contributed by atoms with van der Waals surface area (Å²) >= 11 is 0. The second-order valence-corrected chi connectivity index (χ2v) is 8.84. The molecule has 0 aromatic heterocycles. The van der Waals surface area contributed by atoms with Gasteiger partial charge in [-0.3, -0.25) is 4.79 Å². The third kappa shape index (κ3) is 6.03. The van der Waals surface area contributed by atoms with Gasteiger partial charge in [-0.15, -0.1) is 0 Å². The van der Waals surface area contributed by atoms with Gasteiger partial charge in [0.15, 0.2) is 6.29 Å². The largest absolute Gasteiger partial charge is 0.497 e. The fourth-order valence-corrected chi connectivity index (χ4v) is 3.26. The third-order valence-corrected chi connectivity index (χ3v) is 5.97. The number of ether oxygens (including phenoxy) is 2. The summed E-state index contributed by atoms with van der Waals surface area (Å²) in [5.41, 5.74) is 1.52. The maximum atomic E-state index is 12.3. The summed E-state index contributed by atoms with van der Waals surface area (Å²) < 4.78 is 23.0. The van der Waals surface area contributed by atoms with E-state index in [4.69, 9.17) is 18.8 Å². The number of methoxy groups -OCH3 is 1. The number of hydrogen-bond acceptors (Lipinski definition) is 6. The first kappa shape index (κ1) is 24.5. The molecule has 1 N–H and O–H groups in total. The van der Waals surface area contributed by atoms with Gasteiger partial charge in [0.25, 0.3) is 0 Å². The van der Waals surface area contributed by atoms with Gasteiger partial charge in [0.2, 0.25) is 0 Å². The second-order valence-electron chi connectivity index (χ2n) is 8.84. The monoisotopic (exact) mass is 451 g/mol. The molecule has 0 atom stereocenters. The Morgan fingerprint density at radius 3 is 2.30 bits per heavy atom. The van der Waals surface area contributed by atoms with Crippen LogP contribution in [0.1, 0.15) is 49.2 Å². The predicted octanol–water partition coefficient (Wildman–Crippen LogP) is 4.45. The van der Waals surface area contributed by atoms with E-state index in [1.54, 1.807) is 31.4 Å². The average Bonchev–Trinajstić information content (AvgIpc) is 3.02. The van der Waals surface area contributed by atoms with Crippen molar-refractivity contribution in [2.45, 2.75) is 45.5 Å². The van der Waals surface area contributed by atoms with Crippen LogP contribution in [0.5, 0.6) is 5.75 Å². The van der Waals surface area contributed by atoms with Gasteiger partial charge in [-0.25, -0.2) is 4.79 Å². The Balaban J connectivity index is 1.81. The van der Waals surface area contributed by atoms with Crippen molar-refractivity contribution >= 4 is 25.6 Å². The first-order valence-corrected chi connectivity index (χ1v) is 10.8. The van der Waals surface area contributed by atoms with E-state index >= 15 is 0 Å². The van der Waals surface area contributed by atoms with Gasteiger partial charge in [-0.1, -0.05) is 36.4 Å². The van der Waals surface area contributed by atoms with Crippen LogP contribution in [-0.4, -0.2) is 44.4 Å². The Bertz CT molecular complexity index is 1000. The van der Waals surface area contributed by atoms with Crippen molar-refractivity contribution in [2.75, 3.05) is 13.7 Å². The zero-order chi connectivity index (χ0) is 24.1. The Morgan fingerprint density at radius 2 is 1.70 bits per heavy atom. The summed E-state index contributed by atoms with van der Waals surface area (Å²) in [5.74, 6) is 0.607. The van der Waals surface area contributed by atoms with Crippen molar-refractivity contribution in [1.29, 1.82) is 0 Å². The highest BCUT2D eigenvalue weighted by atomic mass is 16.7. The average molecular weight is 451 g/mol. The molecule has 0 radical (unpaired) electrons. The van der Waals surface area contributed by atoms with E-state index in [2.05, 4.69) is 5.32 Å². The highest BCUT2D eigenvalue weighted by Crippen LogP contribution is 2.39. The van der Waals surface area contributed by atoms with E-state index in [9.17, 15) is 9.59 Å². The fraction of sp³-hybridized carbons (Fsp3) is 0.360. The normalized spacial score (nSPS) is 16.9. The van der Waals surface area contributed by atoms with Gasteiger partial charge in [0.1, 0.15) is 12.4 Å². The predicted molar refractivity (Wildman–Crippen MR) is 127 cm³/mol. The molecule has 1 fully saturated rings. The number of carbonyl (C=O) groups excluding carboxylic acids is 2. The van der Waals surface area contributed by atoms with Crippen molar-refractivity contribution in [2.24, 2.45) is 0 Å². The van der Waals surface area contributed by atoms with Crippen LogP contribution in [0.4, 0.5) is 4.79 Å². The molecule has 0 unspecified atom stereocenters. The van der Waals surface area contributed by atoms with E-state index in [0.29, 0.717) is 22.3 Å². The van der Waals surface area contributed by atoms with Gasteiger partial charge in [0, 0.05) is 12.1 Å². The number of rotatable bonds is 8. The summed E-state index contributed by atoms with van der Waals surface area (Å²) in [4.78, 5) is 23.9. The number of alkyl carbamates (subject to hydrolysis) is 1. The molecule has 1 aliphatic heterocycles. The van der Waals surface area contributed by atoms with Crippen LogP contribution in [-0.2, 0) is 20.7 Å². The second kappa shape index (κ2) is 10.2. The Labute approximate surface area is 195 Å².